The summed E-state index contributed by atoms with van der Waals surface area (Å²) in [5.74, 6) is -0.818. The average Bonchev–Trinajstić information content (AvgIpc) is 2.63. The number of nitrogens with one attached hydrogen (secondary N) is 2. The summed E-state index contributed by atoms with van der Waals surface area (Å²) < 4.78 is 10.1. The third kappa shape index (κ3) is 4.00. The molecule has 26 heavy (non-hydrogen) atoms. The Morgan fingerprint density at radius 2 is 1.88 bits per heavy atom. The van der Waals surface area contributed by atoms with Gasteiger partial charge in [0.05, 0.1) is 24.3 Å². The van der Waals surface area contributed by atoms with Crippen LogP contribution in [0.25, 0.3) is 0 Å². The van der Waals surface area contributed by atoms with Crippen LogP contribution < -0.4 is 15.4 Å². The first-order valence-corrected chi connectivity index (χ1v) is 8.21. The maximum atomic E-state index is 12.2. The number of hydrogen-bond donors (Lipinski definition) is 2. The first-order valence-electron chi connectivity index (χ1n) is 8.21. The summed E-state index contributed by atoms with van der Waals surface area (Å²) >= 11 is 0. The summed E-state index contributed by atoms with van der Waals surface area (Å²) in [6, 6.07) is 12.6. The third-order valence-corrected chi connectivity index (χ3v) is 3.78. The van der Waals surface area contributed by atoms with Gasteiger partial charge in [0.1, 0.15) is 6.04 Å². The van der Waals surface area contributed by atoms with Crippen molar-refractivity contribution in [2.45, 2.75) is 19.4 Å². The molecule has 0 radical (unpaired) electrons. The first-order chi connectivity index (χ1) is 12.6. The topological polar surface area (TPSA) is 93.7 Å². The first kappa shape index (κ1) is 17.5. The Morgan fingerprint density at radius 1 is 1.15 bits per heavy atom. The minimum atomic E-state index is -0.760. The van der Waals surface area contributed by atoms with E-state index in [1.165, 1.54) is 0 Å². The van der Waals surface area contributed by atoms with E-state index >= 15 is 0 Å². The minimum Gasteiger partial charge on any atom is -0.462 e. The molecular formula is C19H18N2O5. The van der Waals surface area contributed by atoms with Gasteiger partial charge in [-0.1, -0.05) is 12.1 Å². The Bertz CT molecular complexity index is 832. The SMILES string of the molecule is CCOC(=O)c1ccc(NC(=O)C[C@@H]2Nc3ccccc3OC2=O)cc1. The smallest absolute Gasteiger partial charge is 0.338 e. The molecule has 0 saturated carbocycles. The zero-order valence-corrected chi connectivity index (χ0v) is 14.2. The molecule has 3 rings (SSSR count). The van der Waals surface area contributed by atoms with Gasteiger partial charge in [0.2, 0.25) is 5.91 Å². The van der Waals surface area contributed by atoms with Gasteiger partial charge in [-0.25, -0.2) is 9.59 Å². The lowest BCUT2D eigenvalue weighted by atomic mass is 10.1. The highest BCUT2D eigenvalue weighted by Gasteiger charge is 2.29. The minimum absolute atomic E-state index is 0.0766. The van der Waals surface area contributed by atoms with E-state index in [1.54, 1.807) is 49.4 Å². The molecule has 134 valence electrons. The van der Waals surface area contributed by atoms with Crippen LogP contribution in [-0.4, -0.2) is 30.5 Å². The molecule has 0 unspecified atom stereocenters. The monoisotopic (exact) mass is 354 g/mol. The maximum Gasteiger partial charge on any atom is 0.338 e. The van der Waals surface area contributed by atoms with Crippen LogP contribution in [0.1, 0.15) is 23.7 Å². The van der Waals surface area contributed by atoms with Crippen LogP contribution >= 0.6 is 0 Å². The predicted molar refractivity (Wildman–Crippen MR) is 95.1 cm³/mol. The van der Waals surface area contributed by atoms with Crippen LogP contribution in [0, 0.1) is 0 Å². The van der Waals surface area contributed by atoms with E-state index in [-0.39, 0.29) is 12.3 Å². The molecule has 7 heteroatoms. The van der Waals surface area contributed by atoms with Gasteiger partial charge in [0.25, 0.3) is 0 Å². The van der Waals surface area contributed by atoms with E-state index in [0.717, 1.165) is 0 Å². The molecule has 0 saturated heterocycles. The molecule has 1 aliphatic rings. The highest BCUT2D eigenvalue weighted by Crippen LogP contribution is 2.29. The molecule has 0 fully saturated rings. The van der Waals surface area contributed by atoms with Gasteiger partial charge in [-0.15, -0.1) is 0 Å². The van der Waals surface area contributed by atoms with E-state index in [0.29, 0.717) is 29.3 Å². The molecule has 1 aliphatic heterocycles. The summed E-state index contributed by atoms with van der Waals surface area (Å²) in [7, 11) is 0. The second kappa shape index (κ2) is 7.69. The van der Waals surface area contributed by atoms with Gasteiger partial charge in [0.15, 0.2) is 5.75 Å². The standard InChI is InChI=1S/C19H18N2O5/c1-2-25-18(23)12-7-9-13(10-8-12)20-17(22)11-15-19(24)26-16-6-4-3-5-14(16)21-15/h3-10,15,21H,2,11H2,1H3,(H,20,22)/t15-/m0/s1. The zero-order valence-electron chi connectivity index (χ0n) is 14.2. The third-order valence-electron chi connectivity index (χ3n) is 3.78. The number of carbonyl (C=O) groups excluding carboxylic acids is 3. The Kier molecular flexibility index (Phi) is 5.17. The zero-order chi connectivity index (χ0) is 18.5. The van der Waals surface area contributed by atoms with Crippen molar-refractivity contribution in [1.82, 2.24) is 0 Å². The molecule has 2 N–H and O–H groups in total. The van der Waals surface area contributed by atoms with Gasteiger partial charge in [-0.05, 0) is 43.3 Å². The van der Waals surface area contributed by atoms with Crippen LogP contribution in [0.15, 0.2) is 48.5 Å². The number of esters is 2. The number of carbonyl (C=O) groups is 3. The number of anilines is 2. The number of para-hydroxylation sites is 2. The van der Waals surface area contributed by atoms with Gasteiger partial charge < -0.3 is 20.1 Å². The largest absolute Gasteiger partial charge is 0.462 e. The lowest BCUT2D eigenvalue weighted by molar-refractivity contribution is -0.137. The van der Waals surface area contributed by atoms with E-state index in [1.807, 2.05) is 6.07 Å². The van der Waals surface area contributed by atoms with Crippen LogP contribution in [0.5, 0.6) is 5.75 Å². The molecular weight excluding hydrogens is 336 g/mol. The predicted octanol–water partition coefficient (Wildman–Crippen LogP) is 2.59. The molecule has 0 aromatic heterocycles. The Hall–Kier alpha value is -3.35. The molecule has 0 aliphatic carbocycles. The summed E-state index contributed by atoms with van der Waals surface area (Å²) in [5, 5.41) is 5.70. The van der Waals surface area contributed by atoms with E-state index in [2.05, 4.69) is 10.6 Å². The molecule has 2 aromatic carbocycles. The lowest BCUT2D eigenvalue weighted by Crippen LogP contribution is -2.39. The highest BCUT2D eigenvalue weighted by atomic mass is 16.5. The second-order valence-corrected chi connectivity index (χ2v) is 5.66. The molecule has 0 spiro atoms. The number of fused-ring (bicyclic) bond motifs is 1. The van der Waals surface area contributed by atoms with Crippen molar-refractivity contribution in [1.29, 1.82) is 0 Å². The number of benzene rings is 2. The van der Waals surface area contributed by atoms with E-state index in [9.17, 15) is 14.4 Å². The number of amides is 1. The lowest BCUT2D eigenvalue weighted by Gasteiger charge is -2.25. The van der Waals surface area contributed by atoms with Crippen molar-refractivity contribution in [2.24, 2.45) is 0 Å². The quantitative estimate of drug-likeness (QED) is 0.633. The molecule has 1 amide bonds. The van der Waals surface area contributed by atoms with Gasteiger partial charge in [0, 0.05) is 5.69 Å². The van der Waals surface area contributed by atoms with Crippen molar-refractivity contribution in [2.75, 3.05) is 17.2 Å². The maximum absolute atomic E-state index is 12.2. The fourth-order valence-electron chi connectivity index (χ4n) is 2.54. The molecule has 7 nitrogen and oxygen atoms in total. The van der Waals surface area contributed by atoms with Crippen molar-refractivity contribution < 1.29 is 23.9 Å². The van der Waals surface area contributed by atoms with Crippen LogP contribution in [-0.2, 0) is 14.3 Å². The van der Waals surface area contributed by atoms with Crippen molar-refractivity contribution in [3.05, 3.63) is 54.1 Å². The van der Waals surface area contributed by atoms with E-state index in [4.69, 9.17) is 9.47 Å². The average molecular weight is 354 g/mol. The summed E-state index contributed by atoms with van der Waals surface area (Å²) in [4.78, 5) is 35.8. The van der Waals surface area contributed by atoms with Crippen LogP contribution in [0.4, 0.5) is 11.4 Å². The number of rotatable bonds is 5. The van der Waals surface area contributed by atoms with Crippen molar-refractivity contribution >= 4 is 29.2 Å². The number of ether oxygens (including phenoxy) is 2. The fourth-order valence-corrected chi connectivity index (χ4v) is 2.54. The molecule has 1 heterocycles. The van der Waals surface area contributed by atoms with Gasteiger partial charge in [-0.2, -0.15) is 0 Å². The Balaban J connectivity index is 1.59. The molecule has 2 aromatic rings. The van der Waals surface area contributed by atoms with Gasteiger partial charge in [-0.3, -0.25) is 4.79 Å². The van der Waals surface area contributed by atoms with Gasteiger partial charge >= 0.3 is 11.9 Å². The van der Waals surface area contributed by atoms with E-state index < -0.39 is 18.0 Å². The van der Waals surface area contributed by atoms with Crippen molar-refractivity contribution in [3.8, 4) is 5.75 Å². The number of hydrogen-bond acceptors (Lipinski definition) is 6. The summed E-state index contributed by atoms with van der Waals surface area (Å²) in [5.41, 5.74) is 1.59. The summed E-state index contributed by atoms with van der Waals surface area (Å²) in [6.45, 7) is 2.03. The molecule has 0 bridgehead atoms. The van der Waals surface area contributed by atoms with Crippen molar-refractivity contribution in [3.63, 3.8) is 0 Å². The second-order valence-electron chi connectivity index (χ2n) is 5.66. The molecule has 1 atom stereocenters. The Labute approximate surface area is 150 Å². The summed E-state index contributed by atoms with van der Waals surface area (Å²) in [6.07, 6.45) is -0.0766. The normalized spacial score (nSPS) is 15.3. The van der Waals surface area contributed by atoms with Crippen LogP contribution in [0.2, 0.25) is 0 Å². The fraction of sp³-hybridized carbons (Fsp3) is 0.211. The Morgan fingerprint density at radius 3 is 2.62 bits per heavy atom. The highest BCUT2D eigenvalue weighted by molar-refractivity contribution is 5.97. The van der Waals surface area contributed by atoms with Crippen LogP contribution in [0.3, 0.4) is 0 Å².